The Hall–Kier alpha value is -2.19. The van der Waals surface area contributed by atoms with Gasteiger partial charge in [0.05, 0.1) is 0 Å². The summed E-state index contributed by atoms with van der Waals surface area (Å²) in [5.74, 6) is -0.414. The molecule has 0 saturated carbocycles. The van der Waals surface area contributed by atoms with Gasteiger partial charge >= 0.3 is 0 Å². The van der Waals surface area contributed by atoms with E-state index in [4.69, 9.17) is 5.73 Å². The van der Waals surface area contributed by atoms with Crippen LogP contribution in [-0.2, 0) is 6.54 Å². The third kappa shape index (κ3) is 4.48. The van der Waals surface area contributed by atoms with Gasteiger partial charge in [0, 0.05) is 32.0 Å². The summed E-state index contributed by atoms with van der Waals surface area (Å²) >= 11 is 0. The van der Waals surface area contributed by atoms with Crippen LogP contribution in [0.15, 0.2) is 29.2 Å². The van der Waals surface area contributed by atoms with Gasteiger partial charge in [0.25, 0.3) is 5.91 Å². The van der Waals surface area contributed by atoms with E-state index >= 15 is 0 Å². The maximum Gasteiger partial charge on any atom is 0.277 e. The fraction of sp³-hybridized carbons (Fsp3) is 0.273. The second-order valence-corrected chi connectivity index (χ2v) is 3.79. The van der Waals surface area contributed by atoms with E-state index in [1.807, 2.05) is 12.1 Å². The Morgan fingerprint density at radius 1 is 1.35 bits per heavy atom. The highest BCUT2D eigenvalue weighted by molar-refractivity contribution is 5.95. The molecular weight excluding hydrogens is 284 g/mol. The van der Waals surface area contributed by atoms with Crippen molar-refractivity contribution in [1.82, 2.24) is 25.9 Å². The molecule has 2 aromatic heterocycles. The van der Waals surface area contributed by atoms with Gasteiger partial charge in [0.2, 0.25) is 11.5 Å². The van der Waals surface area contributed by atoms with Gasteiger partial charge < -0.3 is 16.4 Å². The molecular formula is C11H15ClN6O2. The molecule has 0 aliphatic rings. The predicted octanol–water partition coefficient (Wildman–Crippen LogP) is -0.0118. The maximum atomic E-state index is 11.6. The standard InChI is InChI=1S/C11H14N6O2.ClH/c12-10-9(16-19-17-10)11(18)15-5-4-14-7-8-2-1-3-13-6-8;/h1-3,6,14H,4-5,7H2,(H2,12,17)(H,15,18);1H. The van der Waals surface area contributed by atoms with Crippen LogP contribution in [0.5, 0.6) is 0 Å². The number of hydrogen-bond acceptors (Lipinski definition) is 7. The van der Waals surface area contributed by atoms with Gasteiger partial charge in [-0.15, -0.1) is 12.4 Å². The van der Waals surface area contributed by atoms with Crippen LogP contribution >= 0.6 is 12.4 Å². The number of carbonyl (C=O) groups is 1. The van der Waals surface area contributed by atoms with Crippen molar-refractivity contribution in [3.63, 3.8) is 0 Å². The van der Waals surface area contributed by atoms with Gasteiger partial charge in [-0.25, -0.2) is 4.63 Å². The van der Waals surface area contributed by atoms with Crippen LogP contribution in [-0.4, -0.2) is 34.3 Å². The lowest BCUT2D eigenvalue weighted by molar-refractivity contribution is 0.0944. The summed E-state index contributed by atoms with van der Waals surface area (Å²) in [6.07, 6.45) is 3.51. The number of anilines is 1. The molecule has 0 atom stereocenters. The van der Waals surface area contributed by atoms with Crippen molar-refractivity contribution in [2.24, 2.45) is 0 Å². The lowest BCUT2D eigenvalue weighted by Crippen LogP contribution is -2.32. The van der Waals surface area contributed by atoms with Gasteiger partial charge in [0.15, 0.2) is 0 Å². The number of halogens is 1. The summed E-state index contributed by atoms with van der Waals surface area (Å²) in [6.45, 7) is 1.76. The summed E-state index contributed by atoms with van der Waals surface area (Å²) < 4.78 is 4.34. The van der Waals surface area contributed by atoms with Gasteiger partial charge in [-0.05, 0) is 21.9 Å². The van der Waals surface area contributed by atoms with Crippen molar-refractivity contribution in [3.8, 4) is 0 Å². The van der Waals surface area contributed by atoms with E-state index in [0.29, 0.717) is 19.6 Å². The molecule has 0 aliphatic carbocycles. The number of aromatic nitrogens is 3. The molecule has 2 heterocycles. The second-order valence-electron chi connectivity index (χ2n) is 3.79. The fourth-order valence-electron chi connectivity index (χ4n) is 1.44. The normalized spacial score (nSPS) is 9.80. The van der Waals surface area contributed by atoms with Crippen molar-refractivity contribution in [2.75, 3.05) is 18.8 Å². The largest absolute Gasteiger partial charge is 0.379 e. The first-order valence-corrected chi connectivity index (χ1v) is 5.73. The van der Waals surface area contributed by atoms with Crippen LogP contribution in [0, 0.1) is 0 Å². The molecule has 2 rings (SSSR count). The van der Waals surface area contributed by atoms with Crippen molar-refractivity contribution < 1.29 is 9.42 Å². The first-order valence-electron chi connectivity index (χ1n) is 5.73. The van der Waals surface area contributed by atoms with E-state index in [0.717, 1.165) is 5.56 Å². The van der Waals surface area contributed by atoms with E-state index < -0.39 is 5.91 Å². The van der Waals surface area contributed by atoms with Crippen LogP contribution in [0.4, 0.5) is 5.82 Å². The number of hydrogen-bond donors (Lipinski definition) is 3. The zero-order valence-electron chi connectivity index (χ0n) is 10.6. The molecule has 8 nitrogen and oxygen atoms in total. The molecule has 0 bridgehead atoms. The Bertz CT molecular complexity index is 533. The first-order chi connectivity index (χ1) is 9.27. The highest BCUT2D eigenvalue weighted by Crippen LogP contribution is 2.02. The molecule has 0 saturated heterocycles. The molecule has 0 spiro atoms. The SMILES string of the molecule is Cl.Nc1nonc1C(=O)NCCNCc1cccnc1. The Kier molecular flexibility index (Phi) is 6.41. The van der Waals surface area contributed by atoms with Crippen molar-refractivity contribution >= 4 is 24.1 Å². The third-order valence-corrected chi connectivity index (χ3v) is 2.37. The number of nitrogens with two attached hydrogens (primary N) is 1. The highest BCUT2D eigenvalue weighted by atomic mass is 35.5. The second kappa shape index (κ2) is 8.08. The molecule has 0 unspecified atom stereocenters. The Morgan fingerprint density at radius 3 is 2.85 bits per heavy atom. The Labute approximate surface area is 121 Å². The molecule has 0 radical (unpaired) electrons. The third-order valence-electron chi connectivity index (χ3n) is 2.37. The molecule has 1 amide bonds. The summed E-state index contributed by atoms with van der Waals surface area (Å²) in [4.78, 5) is 15.6. The van der Waals surface area contributed by atoms with Crippen molar-refractivity contribution in [2.45, 2.75) is 6.54 Å². The zero-order chi connectivity index (χ0) is 13.5. The minimum absolute atomic E-state index is 0. The van der Waals surface area contributed by atoms with Crippen LogP contribution in [0.3, 0.4) is 0 Å². The number of carbonyl (C=O) groups excluding carboxylic acids is 1. The molecule has 20 heavy (non-hydrogen) atoms. The monoisotopic (exact) mass is 298 g/mol. The summed E-state index contributed by atoms with van der Waals surface area (Å²) in [5.41, 5.74) is 6.49. The first kappa shape index (κ1) is 15.9. The molecule has 108 valence electrons. The fourth-order valence-corrected chi connectivity index (χ4v) is 1.44. The van der Waals surface area contributed by atoms with E-state index in [1.165, 1.54) is 0 Å². The van der Waals surface area contributed by atoms with Gasteiger partial charge in [-0.1, -0.05) is 6.07 Å². The van der Waals surface area contributed by atoms with E-state index in [2.05, 4.69) is 30.6 Å². The topological polar surface area (TPSA) is 119 Å². The van der Waals surface area contributed by atoms with Gasteiger partial charge in [0.1, 0.15) is 0 Å². The summed E-state index contributed by atoms with van der Waals surface area (Å²) in [6, 6.07) is 3.85. The molecule has 0 aromatic carbocycles. The average Bonchev–Trinajstić information content (AvgIpc) is 2.86. The molecule has 4 N–H and O–H groups in total. The van der Waals surface area contributed by atoms with E-state index in [-0.39, 0.29) is 23.9 Å². The Morgan fingerprint density at radius 2 is 2.20 bits per heavy atom. The molecule has 9 heteroatoms. The summed E-state index contributed by atoms with van der Waals surface area (Å²) in [7, 11) is 0. The zero-order valence-corrected chi connectivity index (χ0v) is 11.4. The lowest BCUT2D eigenvalue weighted by Gasteiger charge is -2.05. The lowest BCUT2D eigenvalue weighted by atomic mass is 10.3. The Balaban J connectivity index is 0.00000200. The summed E-state index contributed by atoms with van der Waals surface area (Å²) in [5, 5.41) is 12.6. The van der Waals surface area contributed by atoms with Crippen LogP contribution in [0.25, 0.3) is 0 Å². The molecule has 0 fully saturated rings. The number of nitrogen functional groups attached to an aromatic ring is 1. The smallest absolute Gasteiger partial charge is 0.277 e. The highest BCUT2D eigenvalue weighted by Gasteiger charge is 2.14. The maximum absolute atomic E-state index is 11.6. The molecule has 0 aliphatic heterocycles. The number of nitrogens with zero attached hydrogens (tertiary/aromatic N) is 3. The molecule has 2 aromatic rings. The number of amides is 1. The quantitative estimate of drug-likeness (QED) is 0.642. The number of rotatable bonds is 6. The minimum Gasteiger partial charge on any atom is -0.379 e. The van der Waals surface area contributed by atoms with E-state index in [1.54, 1.807) is 12.4 Å². The predicted molar refractivity (Wildman–Crippen MR) is 74.2 cm³/mol. The van der Waals surface area contributed by atoms with Crippen molar-refractivity contribution in [3.05, 3.63) is 35.8 Å². The van der Waals surface area contributed by atoms with E-state index in [9.17, 15) is 4.79 Å². The van der Waals surface area contributed by atoms with Gasteiger partial charge in [-0.3, -0.25) is 9.78 Å². The van der Waals surface area contributed by atoms with Crippen LogP contribution in [0.1, 0.15) is 16.1 Å². The van der Waals surface area contributed by atoms with Crippen LogP contribution in [0.2, 0.25) is 0 Å². The van der Waals surface area contributed by atoms with Crippen molar-refractivity contribution in [1.29, 1.82) is 0 Å². The number of nitrogens with one attached hydrogen (secondary N) is 2. The van der Waals surface area contributed by atoms with Gasteiger partial charge in [-0.2, -0.15) is 0 Å². The minimum atomic E-state index is -0.401. The average molecular weight is 299 g/mol. The van der Waals surface area contributed by atoms with Crippen LogP contribution < -0.4 is 16.4 Å². The number of pyridine rings is 1.